The maximum Gasteiger partial charge on any atom is 0.317 e. The van der Waals surface area contributed by atoms with Crippen LogP contribution in [0, 0.1) is 6.92 Å². The van der Waals surface area contributed by atoms with Crippen LogP contribution in [0.5, 0.6) is 0 Å². The van der Waals surface area contributed by atoms with E-state index in [0.717, 1.165) is 51.0 Å². The summed E-state index contributed by atoms with van der Waals surface area (Å²) in [5.41, 5.74) is 5.14. The van der Waals surface area contributed by atoms with Crippen LogP contribution in [-0.2, 0) is 6.54 Å². The van der Waals surface area contributed by atoms with Crippen LogP contribution < -0.4 is 5.32 Å². The molecule has 0 spiro atoms. The van der Waals surface area contributed by atoms with E-state index in [-0.39, 0.29) is 6.03 Å². The van der Waals surface area contributed by atoms with Crippen molar-refractivity contribution in [2.45, 2.75) is 51.6 Å². The van der Waals surface area contributed by atoms with Gasteiger partial charge >= 0.3 is 6.03 Å². The number of piperidine rings is 1. The van der Waals surface area contributed by atoms with Gasteiger partial charge in [-0.1, -0.05) is 90.5 Å². The van der Waals surface area contributed by atoms with Crippen molar-refractivity contribution in [1.82, 2.24) is 15.1 Å². The minimum atomic E-state index is 0.0562. The number of benzene rings is 3. The summed E-state index contributed by atoms with van der Waals surface area (Å²) >= 11 is 0. The van der Waals surface area contributed by atoms with Crippen LogP contribution in [0.25, 0.3) is 0 Å². The first-order chi connectivity index (χ1) is 17.1. The zero-order chi connectivity index (χ0) is 24.5. The highest BCUT2D eigenvalue weighted by Gasteiger charge is 2.27. The van der Waals surface area contributed by atoms with Gasteiger partial charge in [-0.3, -0.25) is 0 Å². The van der Waals surface area contributed by atoms with Gasteiger partial charge in [-0.2, -0.15) is 0 Å². The van der Waals surface area contributed by atoms with Crippen LogP contribution in [0.1, 0.15) is 54.4 Å². The van der Waals surface area contributed by atoms with Crippen molar-refractivity contribution in [3.05, 3.63) is 107 Å². The molecule has 3 aromatic rings. The van der Waals surface area contributed by atoms with Crippen LogP contribution >= 0.6 is 0 Å². The third kappa shape index (κ3) is 6.95. The Kier molecular flexibility index (Phi) is 8.96. The largest absolute Gasteiger partial charge is 0.334 e. The van der Waals surface area contributed by atoms with Gasteiger partial charge in [0.1, 0.15) is 0 Å². The zero-order valence-electron chi connectivity index (χ0n) is 21.2. The van der Waals surface area contributed by atoms with E-state index < -0.39 is 0 Å². The molecule has 1 heterocycles. The number of aryl methyl sites for hydroxylation is 1. The number of urea groups is 1. The molecule has 4 heteroatoms. The summed E-state index contributed by atoms with van der Waals surface area (Å²) in [6.45, 7) is 8.66. The molecule has 0 aliphatic carbocycles. The second kappa shape index (κ2) is 12.6. The molecule has 0 aromatic heterocycles. The molecule has 35 heavy (non-hydrogen) atoms. The number of nitrogens with one attached hydrogen (secondary N) is 1. The van der Waals surface area contributed by atoms with Gasteiger partial charge in [-0.15, -0.1) is 0 Å². The quantitative estimate of drug-likeness (QED) is 0.404. The Morgan fingerprint density at radius 2 is 1.57 bits per heavy atom. The molecule has 3 aromatic carbocycles. The monoisotopic (exact) mass is 469 g/mol. The number of rotatable bonds is 9. The second-order valence-electron chi connectivity index (χ2n) is 9.67. The molecular weight excluding hydrogens is 430 g/mol. The molecule has 4 nitrogen and oxygen atoms in total. The van der Waals surface area contributed by atoms with Gasteiger partial charge in [-0.25, -0.2) is 4.79 Å². The average molecular weight is 470 g/mol. The maximum absolute atomic E-state index is 12.9. The van der Waals surface area contributed by atoms with E-state index in [9.17, 15) is 4.79 Å². The number of likely N-dealkylation sites (tertiary alicyclic amines) is 1. The zero-order valence-corrected chi connectivity index (χ0v) is 21.2. The minimum absolute atomic E-state index is 0.0562. The van der Waals surface area contributed by atoms with Crippen LogP contribution in [0.15, 0.2) is 84.9 Å². The lowest BCUT2D eigenvalue weighted by Gasteiger charge is -2.38. The van der Waals surface area contributed by atoms with Gasteiger partial charge in [0.05, 0.1) is 0 Å². The summed E-state index contributed by atoms with van der Waals surface area (Å²) in [7, 11) is 0. The van der Waals surface area contributed by atoms with Gasteiger partial charge in [0, 0.05) is 38.1 Å². The normalized spacial score (nSPS) is 14.7. The van der Waals surface area contributed by atoms with Crippen molar-refractivity contribution in [3.63, 3.8) is 0 Å². The Hall–Kier alpha value is -3.11. The first-order valence-corrected chi connectivity index (χ1v) is 13.1. The van der Waals surface area contributed by atoms with E-state index in [1.54, 1.807) is 0 Å². The van der Waals surface area contributed by atoms with Crippen LogP contribution in [0.2, 0.25) is 0 Å². The van der Waals surface area contributed by atoms with Crippen molar-refractivity contribution in [3.8, 4) is 0 Å². The fourth-order valence-corrected chi connectivity index (χ4v) is 5.33. The topological polar surface area (TPSA) is 35.6 Å². The molecule has 0 radical (unpaired) electrons. The van der Waals surface area contributed by atoms with E-state index in [1.165, 1.54) is 16.7 Å². The Bertz CT molecular complexity index is 1010. The molecule has 184 valence electrons. The van der Waals surface area contributed by atoms with E-state index in [4.69, 9.17) is 0 Å². The molecule has 1 N–H and O–H groups in total. The molecule has 1 aliphatic rings. The van der Waals surface area contributed by atoms with Crippen LogP contribution in [0.4, 0.5) is 4.79 Å². The molecule has 0 bridgehead atoms. The van der Waals surface area contributed by atoms with Crippen molar-refractivity contribution in [2.75, 3.05) is 26.2 Å². The Balaban J connectivity index is 1.29. The SMILES string of the molecule is CCN(C(=O)NCc1cccc(C)c1)C1CCN(CCC(c2ccccc2)c2ccccc2)CC1. The van der Waals surface area contributed by atoms with E-state index in [0.29, 0.717) is 18.5 Å². The Morgan fingerprint density at radius 1 is 0.943 bits per heavy atom. The van der Waals surface area contributed by atoms with E-state index in [1.807, 2.05) is 11.0 Å². The molecule has 0 unspecified atom stereocenters. The number of nitrogens with zero attached hydrogens (tertiary/aromatic N) is 2. The highest BCUT2D eigenvalue weighted by molar-refractivity contribution is 5.74. The summed E-state index contributed by atoms with van der Waals surface area (Å²) in [4.78, 5) is 17.6. The summed E-state index contributed by atoms with van der Waals surface area (Å²) in [5, 5.41) is 3.14. The summed E-state index contributed by atoms with van der Waals surface area (Å²) in [6, 6.07) is 30.4. The fourth-order valence-electron chi connectivity index (χ4n) is 5.33. The number of carbonyl (C=O) groups excluding carboxylic acids is 1. The van der Waals surface area contributed by atoms with Gasteiger partial charge in [0.15, 0.2) is 0 Å². The van der Waals surface area contributed by atoms with Gasteiger partial charge in [0.2, 0.25) is 0 Å². The van der Waals surface area contributed by atoms with Gasteiger partial charge in [-0.05, 0) is 56.3 Å². The standard InChI is InChI=1S/C31H39N3O/c1-3-34(31(35)32-24-26-12-10-11-25(2)23-26)29-17-20-33(21-18-29)22-19-30(27-13-6-4-7-14-27)28-15-8-5-9-16-28/h4-16,23,29-30H,3,17-22,24H2,1-2H3,(H,32,35). The summed E-state index contributed by atoms with van der Waals surface area (Å²) in [5.74, 6) is 0.412. The molecule has 0 atom stereocenters. The van der Waals surface area contributed by atoms with Crippen molar-refractivity contribution in [2.24, 2.45) is 0 Å². The highest BCUT2D eigenvalue weighted by Crippen LogP contribution is 2.29. The lowest BCUT2D eigenvalue weighted by molar-refractivity contribution is 0.122. The Labute approximate surface area is 211 Å². The minimum Gasteiger partial charge on any atom is -0.334 e. The van der Waals surface area contributed by atoms with Crippen molar-refractivity contribution < 1.29 is 4.79 Å². The lowest BCUT2D eigenvalue weighted by Crippen LogP contribution is -2.50. The number of hydrogen-bond donors (Lipinski definition) is 1. The number of hydrogen-bond acceptors (Lipinski definition) is 2. The smallest absolute Gasteiger partial charge is 0.317 e. The molecule has 1 fully saturated rings. The fraction of sp³-hybridized carbons (Fsp3) is 0.387. The van der Waals surface area contributed by atoms with Crippen molar-refractivity contribution in [1.29, 1.82) is 0 Å². The van der Waals surface area contributed by atoms with Crippen LogP contribution in [-0.4, -0.2) is 48.1 Å². The maximum atomic E-state index is 12.9. The third-order valence-electron chi connectivity index (χ3n) is 7.26. The van der Waals surface area contributed by atoms with Crippen LogP contribution in [0.3, 0.4) is 0 Å². The first-order valence-electron chi connectivity index (χ1n) is 13.1. The second-order valence-corrected chi connectivity index (χ2v) is 9.67. The molecule has 4 rings (SSSR count). The molecular formula is C31H39N3O. The molecule has 0 saturated carbocycles. The highest BCUT2D eigenvalue weighted by atomic mass is 16.2. The lowest BCUT2D eigenvalue weighted by atomic mass is 9.88. The predicted molar refractivity (Wildman–Crippen MR) is 145 cm³/mol. The van der Waals surface area contributed by atoms with E-state index >= 15 is 0 Å². The molecule has 2 amide bonds. The number of carbonyl (C=O) groups is 1. The first kappa shape index (κ1) is 25.0. The third-order valence-corrected chi connectivity index (χ3v) is 7.26. The summed E-state index contributed by atoms with van der Waals surface area (Å²) in [6.07, 6.45) is 3.17. The molecule has 1 aliphatic heterocycles. The predicted octanol–water partition coefficient (Wildman–Crippen LogP) is 6.21. The van der Waals surface area contributed by atoms with Gasteiger partial charge in [0.25, 0.3) is 0 Å². The van der Waals surface area contributed by atoms with Crippen molar-refractivity contribution >= 4 is 6.03 Å². The average Bonchev–Trinajstić information content (AvgIpc) is 2.90. The molecule has 1 saturated heterocycles. The van der Waals surface area contributed by atoms with E-state index in [2.05, 4.69) is 103 Å². The number of amides is 2. The van der Waals surface area contributed by atoms with Gasteiger partial charge < -0.3 is 15.1 Å². The Morgan fingerprint density at radius 3 is 2.14 bits per heavy atom. The summed E-state index contributed by atoms with van der Waals surface area (Å²) < 4.78 is 0.